The Kier molecular flexibility index (Phi) is 6.03. The van der Waals surface area contributed by atoms with E-state index >= 15 is 0 Å². The summed E-state index contributed by atoms with van der Waals surface area (Å²) in [6, 6.07) is 10.6. The normalized spacial score (nSPS) is 21.8. The molecule has 0 unspecified atom stereocenters. The minimum absolute atomic E-state index is 0.0280. The molecule has 1 fully saturated rings. The zero-order chi connectivity index (χ0) is 23.8. The van der Waals surface area contributed by atoms with Gasteiger partial charge in [-0.15, -0.1) is 11.8 Å². The number of amides is 3. The molecule has 9 heteroatoms. The van der Waals surface area contributed by atoms with Crippen molar-refractivity contribution in [3.8, 4) is 11.5 Å². The Morgan fingerprint density at radius 1 is 1.06 bits per heavy atom. The summed E-state index contributed by atoms with van der Waals surface area (Å²) in [6.45, 7) is 2.17. The Balaban J connectivity index is 1.28. The largest absolute Gasteiger partial charge is 0.454 e. The van der Waals surface area contributed by atoms with Crippen molar-refractivity contribution in [2.24, 2.45) is 0 Å². The molecule has 3 heterocycles. The van der Waals surface area contributed by atoms with E-state index in [0.717, 1.165) is 11.1 Å². The number of ketones is 1. The summed E-state index contributed by atoms with van der Waals surface area (Å²) in [5, 5.41) is 2.10. The Labute approximate surface area is 201 Å². The molecule has 0 bridgehead atoms. The molecule has 8 nitrogen and oxygen atoms in total. The molecule has 3 amide bonds. The predicted octanol–water partition coefficient (Wildman–Crippen LogP) is 3.32. The highest BCUT2D eigenvalue weighted by Crippen LogP contribution is 2.39. The van der Waals surface area contributed by atoms with Gasteiger partial charge in [0.1, 0.15) is 0 Å². The average Bonchev–Trinajstić information content (AvgIpc) is 3.24. The minimum Gasteiger partial charge on any atom is -0.454 e. The van der Waals surface area contributed by atoms with Crippen LogP contribution < -0.4 is 14.8 Å². The van der Waals surface area contributed by atoms with Crippen molar-refractivity contribution in [3.05, 3.63) is 53.1 Å². The number of nitrogens with zero attached hydrogens (tertiary/aromatic N) is 1. The first-order valence-corrected chi connectivity index (χ1v) is 12.2. The number of piperidine rings is 1. The predicted molar refractivity (Wildman–Crippen MR) is 126 cm³/mol. The van der Waals surface area contributed by atoms with Gasteiger partial charge in [0.25, 0.3) is 0 Å². The number of likely N-dealkylation sites (tertiary alicyclic amines) is 1. The maximum Gasteiger partial charge on any atom is 0.237 e. The molecule has 0 aromatic heterocycles. The summed E-state index contributed by atoms with van der Waals surface area (Å²) >= 11 is 1.34. The molecule has 0 spiro atoms. The quantitative estimate of drug-likeness (QED) is 0.670. The highest BCUT2D eigenvalue weighted by atomic mass is 32.2. The number of nitrogens with one attached hydrogen (secondary N) is 1. The third-order valence-corrected chi connectivity index (χ3v) is 7.58. The summed E-state index contributed by atoms with van der Waals surface area (Å²) in [7, 11) is 0. The van der Waals surface area contributed by atoms with Crippen LogP contribution in [0.25, 0.3) is 0 Å². The van der Waals surface area contributed by atoms with Gasteiger partial charge in [-0.1, -0.05) is 12.1 Å². The van der Waals surface area contributed by atoms with E-state index in [9.17, 15) is 19.2 Å². The molecular weight excluding hydrogens is 456 g/mol. The van der Waals surface area contributed by atoms with Gasteiger partial charge >= 0.3 is 0 Å². The lowest BCUT2D eigenvalue weighted by Gasteiger charge is -2.25. The first-order chi connectivity index (χ1) is 16.4. The number of rotatable bonds is 4. The van der Waals surface area contributed by atoms with Crippen molar-refractivity contribution in [1.82, 2.24) is 4.90 Å². The molecule has 5 rings (SSSR count). The van der Waals surface area contributed by atoms with Crippen LogP contribution in [0, 0.1) is 0 Å². The fraction of sp³-hybridized carbons (Fsp3) is 0.360. The van der Waals surface area contributed by atoms with Crippen LogP contribution in [0.2, 0.25) is 0 Å². The van der Waals surface area contributed by atoms with Gasteiger partial charge in [-0.25, -0.2) is 0 Å². The van der Waals surface area contributed by atoms with Gasteiger partial charge in [0.2, 0.25) is 24.5 Å². The highest BCUT2D eigenvalue weighted by molar-refractivity contribution is 8.02. The van der Waals surface area contributed by atoms with Crippen LogP contribution >= 0.6 is 11.8 Å². The molecule has 3 aliphatic rings. The smallest absolute Gasteiger partial charge is 0.237 e. The van der Waals surface area contributed by atoms with E-state index < -0.39 is 5.25 Å². The van der Waals surface area contributed by atoms with E-state index in [1.54, 1.807) is 36.4 Å². The molecule has 0 radical (unpaired) electrons. The standard InChI is InChI=1S/C25H24N2O6S/c1-14-24(30)18-11-20-19(32-13-33-20)9-16(18)10-21(34-14)25(31)26-17-7-5-15(6-8-17)12-27-22(28)3-2-4-23(27)29/h5-9,11,14,21H,2-4,10,12-13H2,1H3,(H,26,31)/t14-,21+/m0/s1. The molecule has 176 valence electrons. The van der Waals surface area contributed by atoms with Gasteiger partial charge in [-0.3, -0.25) is 24.1 Å². The Morgan fingerprint density at radius 2 is 1.74 bits per heavy atom. The van der Waals surface area contributed by atoms with Crippen LogP contribution in [0.5, 0.6) is 11.5 Å². The number of benzene rings is 2. The monoisotopic (exact) mass is 480 g/mol. The Bertz CT molecular complexity index is 1160. The van der Waals surface area contributed by atoms with Crippen molar-refractivity contribution in [2.75, 3.05) is 12.1 Å². The molecular formula is C25H24N2O6S. The maximum absolute atomic E-state index is 13.1. The Morgan fingerprint density at radius 3 is 2.44 bits per heavy atom. The van der Waals surface area contributed by atoms with Gasteiger partial charge < -0.3 is 14.8 Å². The van der Waals surface area contributed by atoms with Gasteiger partial charge in [0, 0.05) is 24.1 Å². The van der Waals surface area contributed by atoms with Crippen LogP contribution in [0.1, 0.15) is 47.7 Å². The summed E-state index contributed by atoms with van der Waals surface area (Å²) in [5.41, 5.74) is 2.78. The van der Waals surface area contributed by atoms with E-state index in [4.69, 9.17) is 9.47 Å². The lowest BCUT2D eigenvalue weighted by Crippen LogP contribution is -2.39. The topological polar surface area (TPSA) is 102 Å². The minimum atomic E-state index is -0.455. The second-order valence-electron chi connectivity index (χ2n) is 8.61. The first kappa shape index (κ1) is 22.5. The number of hydrogen-bond donors (Lipinski definition) is 1. The zero-order valence-corrected chi connectivity index (χ0v) is 19.5. The molecule has 34 heavy (non-hydrogen) atoms. The number of imide groups is 1. The van der Waals surface area contributed by atoms with Gasteiger partial charge in [0.15, 0.2) is 17.3 Å². The summed E-state index contributed by atoms with van der Waals surface area (Å²) < 4.78 is 10.9. The van der Waals surface area contributed by atoms with Gasteiger partial charge in [-0.2, -0.15) is 0 Å². The molecule has 3 aliphatic heterocycles. The second-order valence-corrected chi connectivity index (χ2v) is 10.2. The third-order valence-electron chi connectivity index (χ3n) is 6.24. The second kappa shape index (κ2) is 9.13. The van der Waals surface area contributed by atoms with E-state index in [2.05, 4.69) is 5.32 Å². The molecule has 1 saturated heterocycles. The molecule has 1 N–H and O–H groups in total. The third kappa shape index (κ3) is 4.40. The number of carbonyl (C=O) groups is 4. The lowest BCUT2D eigenvalue weighted by molar-refractivity contribution is -0.148. The van der Waals surface area contributed by atoms with Crippen molar-refractivity contribution in [1.29, 1.82) is 0 Å². The van der Waals surface area contributed by atoms with Crippen molar-refractivity contribution >= 4 is 41.0 Å². The van der Waals surface area contributed by atoms with Crippen LogP contribution in [0.15, 0.2) is 36.4 Å². The van der Waals surface area contributed by atoms with E-state index in [1.165, 1.54) is 16.7 Å². The first-order valence-electron chi connectivity index (χ1n) is 11.2. The summed E-state index contributed by atoms with van der Waals surface area (Å²) in [5.74, 6) is 0.631. The number of ether oxygens (including phenoxy) is 2. The lowest BCUT2D eigenvalue weighted by atomic mass is 9.97. The van der Waals surface area contributed by atoms with Crippen molar-refractivity contribution < 1.29 is 28.7 Å². The van der Waals surface area contributed by atoms with Crippen molar-refractivity contribution in [3.63, 3.8) is 0 Å². The number of thioether (sulfide) groups is 1. The molecule has 0 saturated carbocycles. The number of Topliss-reactive ketones (excluding diaryl/α,β-unsaturated/α-hetero) is 1. The fourth-order valence-electron chi connectivity index (χ4n) is 4.39. The van der Waals surface area contributed by atoms with Crippen LogP contribution in [0.4, 0.5) is 5.69 Å². The van der Waals surface area contributed by atoms with E-state index in [-0.39, 0.29) is 42.1 Å². The van der Waals surface area contributed by atoms with Gasteiger partial charge in [-0.05, 0) is 55.2 Å². The maximum atomic E-state index is 13.1. The molecule has 2 aromatic rings. The fourth-order valence-corrected chi connectivity index (χ4v) is 5.59. The zero-order valence-electron chi connectivity index (χ0n) is 18.7. The molecule has 2 atom stereocenters. The average molecular weight is 481 g/mol. The van der Waals surface area contributed by atoms with Crippen LogP contribution in [0.3, 0.4) is 0 Å². The Hall–Kier alpha value is -3.33. The SMILES string of the molecule is C[C@@H]1S[C@@H](C(=O)Nc2ccc(CN3C(=O)CCCC3=O)cc2)Cc2cc3c(cc2C1=O)OCO3. The number of anilines is 1. The summed E-state index contributed by atoms with van der Waals surface area (Å²) in [6.07, 6.45) is 1.79. The summed E-state index contributed by atoms with van der Waals surface area (Å²) in [4.78, 5) is 51.4. The van der Waals surface area contributed by atoms with Crippen LogP contribution in [-0.2, 0) is 27.3 Å². The number of hydrogen-bond acceptors (Lipinski definition) is 7. The number of carbonyl (C=O) groups excluding carboxylic acids is 4. The molecule has 0 aliphatic carbocycles. The molecule has 2 aromatic carbocycles. The van der Waals surface area contributed by atoms with Crippen LogP contribution in [-0.4, -0.2) is 45.7 Å². The number of fused-ring (bicyclic) bond motifs is 2. The van der Waals surface area contributed by atoms with Crippen molar-refractivity contribution in [2.45, 2.75) is 49.7 Å². The highest BCUT2D eigenvalue weighted by Gasteiger charge is 2.34. The van der Waals surface area contributed by atoms with Gasteiger partial charge in [0.05, 0.1) is 17.0 Å². The van der Waals surface area contributed by atoms with E-state index in [1.807, 2.05) is 6.92 Å². The van der Waals surface area contributed by atoms with E-state index in [0.29, 0.717) is 48.4 Å².